The van der Waals surface area contributed by atoms with E-state index in [0.717, 1.165) is 5.69 Å². The van der Waals surface area contributed by atoms with E-state index in [-0.39, 0.29) is 23.8 Å². The highest BCUT2D eigenvalue weighted by Crippen LogP contribution is 2.29. The first-order valence-corrected chi connectivity index (χ1v) is 11.6. The van der Waals surface area contributed by atoms with E-state index in [1.807, 2.05) is 51.1 Å². The van der Waals surface area contributed by atoms with Gasteiger partial charge in [0.15, 0.2) is 0 Å². The second-order valence-corrected chi connectivity index (χ2v) is 9.42. The molecule has 0 aliphatic carbocycles. The SMILES string of the molecule is COCCCN(CC(=O)Nc1cc(C(C)(C)C)nn1-c1ccccc1Cl)C(=O)c1ccccc1. The summed E-state index contributed by atoms with van der Waals surface area (Å²) in [5.41, 5.74) is 1.76. The third kappa shape index (κ3) is 6.46. The normalized spacial score (nSPS) is 11.3. The Kier molecular flexibility index (Phi) is 8.47. The number of halogens is 1. The smallest absolute Gasteiger partial charge is 0.254 e. The zero-order valence-corrected chi connectivity index (χ0v) is 20.8. The molecular weight excluding hydrogens is 452 g/mol. The molecular formula is C26H31ClN4O3. The Labute approximate surface area is 205 Å². The predicted octanol–water partition coefficient (Wildman–Crippen LogP) is 4.94. The maximum Gasteiger partial charge on any atom is 0.254 e. The number of rotatable bonds is 9. The number of para-hydroxylation sites is 1. The van der Waals surface area contributed by atoms with Crippen LogP contribution in [0.3, 0.4) is 0 Å². The molecule has 0 atom stereocenters. The van der Waals surface area contributed by atoms with Gasteiger partial charge in [-0.2, -0.15) is 5.10 Å². The van der Waals surface area contributed by atoms with Crippen molar-refractivity contribution in [3.05, 3.63) is 76.9 Å². The van der Waals surface area contributed by atoms with Crippen LogP contribution in [0.4, 0.5) is 5.82 Å². The van der Waals surface area contributed by atoms with Crippen LogP contribution >= 0.6 is 11.6 Å². The molecule has 3 rings (SSSR count). The molecule has 0 fully saturated rings. The number of carbonyl (C=O) groups excluding carboxylic acids is 2. The Hall–Kier alpha value is -3.16. The summed E-state index contributed by atoms with van der Waals surface area (Å²) in [5, 5.41) is 8.16. The van der Waals surface area contributed by atoms with Crippen molar-refractivity contribution in [1.82, 2.24) is 14.7 Å². The summed E-state index contributed by atoms with van der Waals surface area (Å²) in [5.74, 6) is -0.0377. The van der Waals surface area contributed by atoms with Crippen molar-refractivity contribution in [2.45, 2.75) is 32.6 Å². The van der Waals surface area contributed by atoms with Crippen LogP contribution in [0.1, 0.15) is 43.2 Å². The molecule has 0 spiro atoms. The lowest BCUT2D eigenvalue weighted by atomic mass is 9.92. The number of aromatic nitrogens is 2. The van der Waals surface area contributed by atoms with Crippen LogP contribution in [0.5, 0.6) is 0 Å². The van der Waals surface area contributed by atoms with Gasteiger partial charge in [-0.25, -0.2) is 4.68 Å². The van der Waals surface area contributed by atoms with Gasteiger partial charge in [-0.3, -0.25) is 9.59 Å². The standard InChI is InChI=1S/C26H31ClN4O3/c1-26(2,3)22-17-23(31(29-22)21-14-9-8-13-20(21)27)28-24(32)18-30(15-10-16-34-4)25(33)19-11-6-5-7-12-19/h5-9,11-14,17H,10,15-16,18H2,1-4H3,(H,28,32). The van der Waals surface area contributed by atoms with E-state index in [9.17, 15) is 9.59 Å². The number of nitrogens with one attached hydrogen (secondary N) is 1. The summed E-state index contributed by atoms with van der Waals surface area (Å²) in [6.07, 6.45) is 0.619. The van der Waals surface area contributed by atoms with Gasteiger partial charge in [-0.1, -0.05) is 62.7 Å². The molecule has 8 heteroatoms. The van der Waals surface area contributed by atoms with Gasteiger partial charge >= 0.3 is 0 Å². The molecule has 0 unspecified atom stereocenters. The number of nitrogens with zero attached hydrogens (tertiary/aromatic N) is 3. The van der Waals surface area contributed by atoms with E-state index in [4.69, 9.17) is 21.4 Å². The minimum atomic E-state index is -0.324. The van der Waals surface area contributed by atoms with E-state index in [1.54, 1.807) is 42.1 Å². The highest BCUT2D eigenvalue weighted by atomic mass is 35.5. The number of methoxy groups -OCH3 is 1. The molecule has 7 nitrogen and oxygen atoms in total. The fraction of sp³-hybridized carbons (Fsp3) is 0.346. The number of ether oxygens (including phenoxy) is 1. The van der Waals surface area contributed by atoms with E-state index in [2.05, 4.69) is 5.32 Å². The Balaban J connectivity index is 1.85. The van der Waals surface area contributed by atoms with Gasteiger partial charge in [0.1, 0.15) is 12.4 Å². The Morgan fingerprint density at radius 1 is 1.09 bits per heavy atom. The summed E-state index contributed by atoms with van der Waals surface area (Å²) in [7, 11) is 1.61. The first-order valence-electron chi connectivity index (χ1n) is 11.2. The van der Waals surface area contributed by atoms with Gasteiger partial charge < -0.3 is 15.0 Å². The summed E-state index contributed by atoms with van der Waals surface area (Å²) in [6.45, 7) is 6.94. The Bertz CT molecular complexity index is 1120. The second-order valence-electron chi connectivity index (χ2n) is 9.02. The third-order valence-corrected chi connectivity index (χ3v) is 5.56. The molecule has 34 heavy (non-hydrogen) atoms. The lowest BCUT2D eigenvalue weighted by molar-refractivity contribution is -0.117. The van der Waals surface area contributed by atoms with Crippen molar-refractivity contribution in [3.63, 3.8) is 0 Å². The zero-order valence-electron chi connectivity index (χ0n) is 20.0. The summed E-state index contributed by atoms with van der Waals surface area (Å²) < 4.78 is 6.76. The molecule has 3 aromatic rings. The van der Waals surface area contributed by atoms with Crippen LogP contribution in [0.25, 0.3) is 5.69 Å². The summed E-state index contributed by atoms with van der Waals surface area (Å²) in [4.78, 5) is 27.7. The molecule has 2 amide bonds. The number of hydrogen-bond donors (Lipinski definition) is 1. The number of hydrogen-bond acceptors (Lipinski definition) is 4. The van der Waals surface area contributed by atoms with Gasteiger partial charge in [-0.15, -0.1) is 0 Å². The molecule has 1 aromatic heterocycles. The van der Waals surface area contributed by atoms with Crippen molar-refractivity contribution in [1.29, 1.82) is 0 Å². The maximum atomic E-state index is 13.1. The molecule has 0 aliphatic rings. The molecule has 1 N–H and O–H groups in total. The fourth-order valence-electron chi connectivity index (χ4n) is 3.41. The molecule has 0 aliphatic heterocycles. The van der Waals surface area contributed by atoms with Crippen LogP contribution in [0.2, 0.25) is 5.02 Å². The van der Waals surface area contributed by atoms with Crippen LogP contribution in [0, 0.1) is 0 Å². The number of anilines is 1. The van der Waals surface area contributed by atoms with Crippen LogP contribution in [0.15, 0.2) is 60.7 Å². The topological polar surface area (TPSA) is 76.5 Å². The first-order chi connectivity index (χ1) is 16.2. The summed E-state index contributed by atoms with van der Waals surface area (Å²) >= 11 is 6.42. The van der Waals surface area contributed by atoms with E-state index < -0.39 is 0 Å². The highest BCUT2D eigenvalue weighted by Gasteiger charge is 2.24. The minimum Gasteiger partial charge on any atom is -0.385 e. The maximum absolute atomic E-state index is 13.1. The van der Waals surface area contributed by atoms with Crippen molar-refractivity contribution in [3.8, 4) is 5.69 Å². The lowest BCUT2D eigenvalue weighted by Gasteiger charge is -2.22. The fourth-order valence-corrected chi connectivity index (χ4v) is 3.63. The number of amides is 2. The van der Waals surface area contributed by atoms with E-state index in [0.29, 0.717) is 41.7 Å². The van der Waals surface area contributed by atoms with Crippen molar-refractivity contribution in [2.75, 3.05) is 32.1 Å². The van der Waals surface area contributed by atoms with Crippen molar-refractivity contribution in [2.24, 2.45) is 0 Å². The van der Waals surface area contributed by atoms with Crippen LogP contribution in [-0.4, -0.2) is 53.3 Å². The molecule has 0 saturated heterocycles. The van der Waals surface area contributed by atoms with Gasteiger partial charge in [-0.05, 0) is 30.7 Å². The number of carbonyl (C=O) groups is 2. The average molecular weight is 483 g/mol. The molecule has 0 saturated carbocycles. The average Bonchev–Trinajstić information content (AvgIpc) is 3.23. The highest BCUT2D eigenvalue weighted by molar-refractivity contribution is 6.32. The second kappa shape index (κ2) is 11.3. The van der Waals surface area contributed by atoms with Gasteiger partial charge in [0.25, 0.3) is 5.91 Å². The third-order valence-electron chi connectivity index (χ3n) is 5.24. The zero-order chi connectivity index (χ0) is 24.7. The molecule has 0 radical (unpaired) electrons. The quantitative estimate of drug-likeness (QED) is 0.438. The van der Waals surface area contributed by atoms with Crippen LogP contribution < -0.4 is 5.32 Å². The molecule has 180 valence electrons. The summed E-state index contributed by atoms with van der Waals surface area (Å²) in [6, 6.07) is 18.1. The van der Waals surface area contributed by atoms with Gasteiger partial charge in [0, 0.05) is 37.3 Å². The molecule has 0 bridgehead atoms. The van der Waals surface area contributed by atoms with E-state index in [1.165, 1.54) is 4.90 Å². The lowest BCUT2D eigenvalue weighted by Crippen LogP contribution is -2.39. The van der Waals surface area contributed by atoms with Crippen LogP contribution in [-0.2, 0) is 14.9 Å². The predicted molar refractivity (Wildman–Crippen MR) is 135 cm³/mol. The monoisotopic (exact) mass is 482 g/mol. The van der Waals surface area contributed by atoms with Gasteiger partial charge in [0.05, 0.1) is 16.4 Å². The minimum absolute atomic E-state index is 0.101. The number of benzene rings is 2. The largest absolute Gasteiger partial charge is 0.385 e. The van der Waals surface area contributed by atoms with Crippen molar-refractivity contribution >= 4 is 29.2 Å². The Morgan fingerprint density at radius 3 is 2.41 bits per heavy atom. The molecule has 2 aromatic carbocycles. The Morgan fingerprint density at radius 2 is 1.76 bits per heavy atom. The van der Waals surface area contributed by atoms with Crippen molar-refractivity contribution < 1.29 is 14.3 Å². The molecule has 1 heterocycles. The first kappa shape index (κ1) is 25.5. The van der Waals surface area contributed by atoms with Gasteiger partial charge in [0.2, 0.25) is 5.91 Å². The van der Waals surface area contributed by atoms with E-state index >= 15 is 0 Å².